The predicted molar refractivity (Wildman–Crippen MR) is 83.7 cm³/mol. The lowest BCUT2D eigenvalue weighted by Crippen LogP contribution is -2.21. The first kappa shape index (κ1) is 15.0. The van der Waals surface area contributed by atoms with E-state index in [0.717, 1.165) is 17.1 Å². The minimum Gasteiger partial charge on any atom is -0.392 e. The molecule has 0 radical (unpaired) electrons. The van der Waals surface area contributed by atoms with Crippen molar-refractivity contribution < 1.29 is 5.11 Å². The summed E-state index contributed by atoms with van der Waals surface area (Å²) in [5.74, 6) is 0. The predicted octanol–water partition coefficient (Wildman–Crippen LogP) is 4.03. The Balaban J connectivity index is 2.04. The summed E-state index contributed by atoms with van der Waals surface area (Å²) in [6.07, 6.45) is 0. The van der Waals surface area contributed by atoms with Gasteiger partial charge in [-0.25, -0.2) is 0 Å². The van der Waals surface area contributed by atoms with Crippen molar-refractivity contribution in [1.82, 2.24) is 4.90 Å². The third-order valence-electron chi connectivity index (χ3n) is 3.63. The van der Waals surface area contributed by atoms with Crippen LogP contribution in [0.5, 0.6) is 0 Å². The molecule has 0 saturated heterocycles. The number of aliphatic hydroxyl groups is 1. The number of halogens is 1. The van der Waals surface area contributed by atoms with Crippen LogP contribution in [-0.2, 0) is 13.2 Å². The number of hydrogen-bond donors (Lipinski definition) is 1. The second-order valence-electron chi connectivity index (χ2n) is 5.12. The van der Waals surface area contributed by atoms with E-state index >= 15 is 0 Å². The zero-order valence-electron chi connectivity index (χ0n) is 11.9. The summed E-state index contributed by atoms with van der Waals surface area (Å²) >= 11 is 6.04. The largest absolute Gasteiger partial charge is 0.392 e. The molecule has 2 nitrogen and oxygen atoms in total. The quantitative estimate of drug-likeness (QED) is 0.898. The van der Waals surface area contributed by atoms with Crippen LogP contribution >= 0.6 is 11.6 Å². The van der Waals surface area contributed by atoms with Gasteiger partial charge in [0.1, 0.15) is 0 Å². The SMILES string of the molecule is CC(c1cccc(Cl)c1)N(C)Cc1ccc(CO)cc1. The molecular weight excluding hydrogens is 270 g/mol. The van der Waals surface area contributed by atoms with Crippen LogP contribution < -0.4 is 0 Å². The number of benzene rings is 2. The highest BCUT2D eigenvalue weighted by atomic mass is 35.5. The molecule has 0 aromatic heterocycles. The van der Waals surface area contributed by atoms with Gasteiger partial charge in [0.25, 0.3) is 0 Å². The maximum atomic E-state index is 9.05. The fourth-order valence-electron chi connectivity index (χ4n) is 2.20. The van der Waals surface area contributed by atoms with Crippen LogP contribution in [0.3, 0.4) is 0 Å². The van der Waals surface area contributed by atoms with Gasteiger partial charge >= 0.3 is 0 Å². The Morgan fingerprint density at radius 2 is 1.75 bits per heavy atom. The molecular formula is C17H20ClNO. The fraction of sp³-hybridized carbons (Fsp3) is 0.294. The Morgan fingerprint density at radius 3 is 2.35 bits per heavy atom. The van der Waals surface area contributed by atoms with E-state index in [1.54, 1.807) is 0 Å². The number of rotatable bonds is 5. The molecule has 2 aromatic carbocycles. The molecule has 1 unspecified atom stereocenters. The van der Waals surface area contributed by atoms with E-state index in [0.29, 0.717) is 6.04 Å². The third-order valence-corrected chi connectivity index (χ3v) is 3.86. The van der Waals surface area contributed by atoms with Gasteiger partial charge in [0.05, 0.1) is 6.61 Å². The molecule has 0 amide bonds. The van der Waals surface area contributed by atoms with Crippen LogP contribution in [0.2, 0.25) is 5.02 Å². The summed E-state index contributed by atoms with van der Waals surface area (Å²) < 4.78 is 0. The molecule has 0 bridgehead atoms. The second-order valence-corrected chi connectivity index (χ2v) is 5.56. The van der Waals surface area contributed by atoms with Gasteiger partial charge in [0.15, 0.2) is 0 Å². The molecule has 0 aliphatic heterocycles. The third kappa shape index (κ3) is 3.83. The maximum Gasteiger partial charge on any atom is 0.0681 e. The van der Waals surface area contributed by atoms with Gasteiger partial charge < -0.3 is 5.11 Å². The van der Waals surface area contributed by atoms with Crippen molar-refractivity contribution in [1.29, 1.82) is 0 Å². The Hall–Kier alpha value is -1.35. The van der Waals surface area contributed by atoms with Crippen molar-refractivity contribution in [2.24, 2.45) is 0 Å². The first-order valence-electron chi connectivity index (χ1n) is 6.74. The van der Waals surface area contributed by atoms with E-state index in [1.807, 2.05) is 30.3 Å². The van der Waals surface area contributed by atoms with Gasteiger partial charge in [-0.15, -0.1) is 0 Å². The van der Waals surface area contributed by atoms with Gasteiger partial charge in [-0.3, -0.25) is 4.90 Å². The standard InChI is InChI=1S/C17H20ClNO/c1-13(16-4-3-5-17(18)10-16)19(2)11-14-6-8-15(12-20)9-7-14/h3-10,13,20H,11-12H2,1-2H3. The first-order chi connectivity index (χ1) is 9.60. The van der Waals surface area contributed by atoms with Gasteiger partial charge in [0, 0.05) is 17.6 Å². The monoisotopic (exact) mass is 289 g/mol. The van der Waals surface area contributed by atoms with Crippen LogP contribution in [0, 0.1) is 0 Å². The summed E-state index contributed by atoms with van der Waals surface area (Å²) in [5, 5.41) is 9.82. The highest BCUT2D eigenvalue weighted by Crippen LogP contribution is 2.23. The van der Waals surface area contributed by atoms with Crippen LogP contribution in [0.1, 0.15) is 29.7 Å². The molecule has 2 rings (SSSR count). The summed E-state index contributed by atoms with van der Waals surface area (Å²) in [6.45, 7) is 3.13. The van der Waals surface area contributed by atoms with Crippen molar-refractivity contribution in [3.8, 4) is 0 Å². The zero-order valence-corrected chi connectivity index (χ0v) is 12.6. The van der Waals surface area contributed by atoms with Crippen LogP contribution in [0.15, 0.2) is 48.5 Å². The van der Waals surface area contributed by atoms with E-state index in [1.165, 1.54) is 11.1 Å². The molecule has 0 heterocycles. The summed E-state index contributed by atoms with van der Waals surface area (Å²) in [7, 11) is 2.10. The minimum atomic E-state index is 0.0923. The molecule has 0 saturated carbocycles. The van der Waals surface area contributed by atoms with Gasteiger partial charge in [-0.05, 0) is 42.8 Å². The molecule has 20 heavy (non-hydrogen) atoms. The molecule has 3 heteroatoms. The fourth-order valence-corrected chi connectivity index (χ4v) is 2.39. The Kier molecular flexibility index (Phi) is 5.18. The van der Waals surface area contributed by atoms with Gasteiger partial charge in [-0.2, -0.15) is 0 Å². The molecule has 0 fully saturated rings. The van der Waals surface area contributed by atoms with E-state index in [2.05, 4.69) is 37.1 Å². The van der Waals surface area contributed by atoms with Crippen molar-refractivity contribution in [2.75, 3.05) is 7.05 Å². The van der Waals surface area contributed by atoms with Gasteiger partial charge in [0.2, 0.25) is 0 Å². The number of aliphatic hydroxyl groups excluding tert-OH is 1. The maximum absolute atomic E-state index is 9.05. The van der Waals surface area contributed by atoms with E-state index < -0.39 is 0 Å². The highest BCUT2D eigenvalue weighted by Gasteiger charge is 2.12. The van der Waals surface area contributed by atoms with Gasteiger partial charge in [-0.1, -0.05) is 48.0 Å². The smallest absolute Gasteiger partial charge is 0.0681 e. The van der Waals surface area contributed by atoms with Crippen LogP contribution in [0.25, 0.3) is 0 Å². The average molecular weight is 290 g/mol. The van der Waals surface area contributed by atoms with Crippen molar-refractivity contribution in [3.05, 3.63) is 70.2 Å². The Bertz CT molecular complexity index is 553. The van der Waals surface area contributed by atoms with Crippen molar-refractivity contribution >= 4 is 11.6 Å². The average Bonchev–Trinajstić information content (AvgIpc) is 2.47. The summed E-state index contributed by atoms with van der Waals surface area (Å²) in [4.78, 5) is 2.28. The lowest BCUT2D eigenvalue weighted by molar-refractivity contribution is 0.253. The second kappa shape index (κ2) is 6.89. The molecule has 106 valence electrons. The van der Waals surface area contributed by atoms with Crippen LogP contribution in [-0.4, -0.2) is 17.1 Å². The van der Waals surface area contributed by atoms with E-state index in [-0.39, 0.29) is 6.61 Å². The molecule has 0 spiro atoms. The molecule has 2 aromatic rings. The highest BCUT2D eigenvalue weighted by molar-refractivity contribution is 6.30. The Morgan fingerprint density at radius 1 is 1.10 bits per heavy atom. The minimum absolute atomic E-state index is 0.0923. The van der Waals surface area contributed by atoms with Crippen molar-refractivity contribution in [2.45, 2.75) is 26.1 Å². The Labute approximate surface area is 125 Å². The van der Waals surface area contributed by atoms with E-state index in [9.17, 15) is 0 Å². The van der Waals surface area contributed by atoms with Crippen LogP contribution in [0.4, 0.5) is 0 Å². The topological polar surface area (TPSA) is 23.5 Å². The molecule has 0 aliphatic rings. The first-order valence-corrected chi connectivity index (χ1v) is 7.12. The summed E-state index contributed by atoms with van der Waals surface area (Å²) in [5.41, 5.74) is 3.39. The number of nitrogens with zero attached hydrogens (tertiary/aromatic N) is 1. The number of hydrogen-bond acceptors (Lipinski definition) is 2. The lowest BCUT2D eigenvalue weighted by atomic mass is 10.1. The zero-order chi connectivity index (χ0) is 14.5. The molecule has 1 N–H and O–H groups in total. The molecule has 0 aliphatic carbocycles. The molecule has 1 atom stereocenters. The normalized spacial score (nSPS) is 12.7. The summed E-state index contributed by atoms with van der Waals surface area (Å²) in [6, 6.07) is 16.3. The van der Waals surface area contributed by atoms with E-state index in [4.69, 9.17) is 16.7 Å². The lowest BCUT2D eigenvalue weighted by Gasteiger charge is -2.25. The van der Waals surface area contributed by atoms with Crippen molar-refractivity contribution in [3.63, 3.8) is 0 Å².